The quantitative estimate of drug-likeness (QED) is 0.401. The molecule has 0 spiro atoms. The van der Waals surface area contributed by atoms with Crippen LogP contribution in [0.15, 0.2) is 34.2 Å². The third kappa shape index (κ3) is 3.22. The number of ether oxygens (including phenoxy) is 1. The average molecular weight is 395 g/mol. The molecule has 0 saturated heterocycles. The zero-order chi connectivity index (χ0) is 19.8. The van der Waals surface area contributed by atoms with E-state index in [1.54, 1.807) is 19.1 Å². The molecule has 4 aromatic heterocycles. The topological polar surface area (TPSA) is 98.1 Å². The first kappa shape index (κ1) is 18.1. The van der Waals surface area contributed by atoms with Crippen molar-refractivity contribution in [2.45, 2.75) is 20.8 Å². The Morgan fingerprint density at radius 2 is 2.04 bits per heavy atom. The van der Waals surface area contributed by atoms with Gasteiger partial charge in [0.2, 0.25) is 5.78 Å². The molecule has 0 saturated carbocycles. The number of hydrogen-bond acceptors (Lipinski definition) is 7. The Hall–Kier alpha value is -3.26. The van der Waals surface area contributed by atoms with E-state index >= 15 is 0 Å². The molecule has 28 heavy (non-hydrogen) atoms. The Kier molecular flexibility index (Phi) is 4.56. The molecule has 4 aromatic rings. The minimum absolute atomic E-state index is 0.263. The van der Waals surface area contributed by atoms with Gasteiger partial charge in [-0.15, -0.1) is 11.3 Å². The Balaban J connectivity index is 1.64. The maximum atomic E-state index is 12.8. The van der Waals surface area contributed by atoms with Gasteiger partial charge in [0, 0.05) is 17.0 Å². The third-order valence-electron chi connectivity index (χ3n) is 4.39. The maximum absolute atomic E-state index is 12.8. The van der Waals surface area contributed by atoms with Crippen LogP contribution >= 0.6 is 11.3 Å². The van der Waals surface area contributed by atoms with Crippen LogP contribution < -0.4 is 0 Å². The second-order valence-corrected chi connectivity index (χ2v) is 7.42. The number of aryl methyl sites for hydroxylation is 3. The zero-order valence-electron chi connectivity index (χ0n) is 15.5. The largest absolute Gasteiger partial charge is 0.454 e. The number of aromatic amines is 1. The number of aromatic nitrogens is 3. The molecule has 1 N–H and O–H groups in total. The number of hydrogen-bond donors (Lipinski definition) is 1. The van der Waals surface area contributed by atoms with Crippen LogP contribution in [0.1, 0.15) is 37.8 Å². The minimum atomic E-state index is -0.616. The Labute approximate surface area is 164 Å². The predicted molar refractivity (Wildman–Crippen MR) is 105 cm³/mol. The van der Waals surface area contributed by atoms with Gasteiger partial charge in [-0.2, -0.15) is 0 Å². The molecular formula is C20H17N3O4S. The van der Waals surface area contributed by atoms with E-state index in [-0.39, 0.29) is 23.7 Å². The van der Waals surface area contributed by atoms with Gasteiger partial charge in [-0.1, -0.05) is 11.2 Å². The summed E-state index contributed by atoms with van der Waals surface area (Å²) in [6.07, 6.45) is 0. The number of esters is 1. The Morgan fingerprint density at radius 3 is 2.71 bits per heavy atom. The smallest absolute Gasteiger partial charge is 0.339 e. The van der Waals surface area contributed by atoms with Gasteiger partial charge in [0.1, 0.15) is 0 Å². The van der Waals surface area contributed by atoms with Crippen LogP contribution in [0.3, 0.4) is 0 Å². The highest BCUT2D eigenvalue weighted by Gasteiger charge is 2.22. The highest BCUT2D eigenvalue weighted by atomic mass is 32.1. The number of pyridine rings is 1. The van der Waals surface area contributed by atoms with Crippen LogP contribution in [-0.2, 0) is 4.74 Å². The molecule has 4 heterocycles. The van der Waals surface area contributed by atoms with Crippen LogP contribution in [0.5, 0.6) is 0 Å². The first-order valence-corrected chi connectivity index (χ1v) is 9.49. The molecule has 0 unspecified atom stereocenters. The van der Waals surface area contributed by atoms with Crippen LogP contribution in [0.25, 0.3) is 21.7 Å². The lowest BCUT2D eigenvalue weighted by Gasteiger charge is -2.07. The third-order valence-corrected chi connectivity index (χ3v) is 5.29. The Morgan fingerprint density at radius 1 is 1.21 bits per heavy atom. The van der Waals surface area contributed by atoms with Crippen molar-refractivity contribution in [3.8, 4) is 10.6 Å². The highest BCUT2D eigenvalue weighted by Crippen LogP contribution is 2.29. The SMILES string of the molecule is Cc1cc(C(=O)COC(=O)c2cc(-c3cccs3)nc3onc(C)c23)c(C)[nH]1. The van der Waals surface area contributed by atoms with Gasteiger partial charge in [-0.3, -0.25) is 4.79 Å². The fourth-order valence-corrected chi connectivity index (χ4v) is 3.79. The van der Waals surface area contributed by atoms with Gasteiger partial charge >= 0.3 is 5.97 Å². The number of fused-ring (bicyclic) bond motifs is 1. The van der Waals surface area contributed by atoms with Gasteiger partial charge in [0.05, 0.1) is 27.2 Å². The second kappa shape index (κ2) is 7.05. The Bertz CT molecular complexity index is 1190. The molecule has 7 nitrogen and oxygen atoms in total. The molecule has 142 valence electrons. The molecule has 0 aromatic carbocycles. The van der Waals surface area contributed by atoms with Crippen molar-refractivity contribution in [1.82, 2.24) is 15.1 Å². The molecule has 4 rings (SSSR count). The van der Waals surface area contributed by atoms with Crippen molar-refractivity contribution >= 4 is 34.2 Å². The van der Waals surface area contributed by atoms with E-state index in [0.29, 0.717) is 22.3 Å². The molecule has 0 aliphatic carbocycles. The highest BCUT2D eigenvalue weighted by molar-refractivity contribution is 7.13. The second-order valence-electron chi connectivity index (χ2n) is 6.47. The number of ketones is 1. The number of nitrogens with zero attached hydrogens (tertiary/aromatic N) is 2. The van der Waals surface area contributed by atoms with Gasteiger partial charge < -0.3 is 14.2 Å². The summed E-state index contributed by atoms with van der Waals surface area (Å²) >= 11 is 1.50. The lowest BCUT2D eigenvalue weighted by molar-refractivity contribution is 0.0476. The van der Waals surface area contributed by atoms with Crippen molar-refractivity contribution in [3.63, 3.8) is 0 Å². The van der Waals surface area contributed by atoms with E-state index in [1.165, 1.54) is 11.3 Å². The lowest BCUT2D eigenvalue weighted by Crippen LogP contribution is -2.15. The monoisotopic (exact) mass is 395 g/mol. The van der Waals surface area contributed by atoms with Crippen LogP contribution in [-0.4, -0.2) is 33.5 Å². The van der Waals surface area contributed by atoms with E-state index in [0.717, 1.165) is 16.3 Å². The summed E-state index contributed by atoms with van der Waals surface area (Å²) in [6, 6.07) is 7.19. The number of Topliss-reactive ketones (excluding diaryl/α,β-unsaturated/α-hetero) is 1. The zero-order valence-corrected chi connectivity index (χ0v) is 16.3. The molecule has 0 aliphatic rings. The van der Waals surface area contributed by atoms with Gasteiger partial charge in [-0.05, 0) is 44.4 Å². The van der Waals surface area contributed by atoms with Crippen molar-refractivity contribution in [2.24, 2.45) is 0 Å². The van der Waals surface area contributed by atoms with Gasteiger partial charge in [0.15, 0.2) is 6.61 Å². The maximum Gasteiger partial charge on any atom is 0.339 e. The van der Waals surface area contributed by atoms with Crippen LogP contribution in [0.2, 0.25) is 0 Å². The fourth-order valence-electron chi connectivity index (χ4n) is 3.11. The minimum Gasteiger partial charge on any atom is -0.454 e. The molecular weight excluding hydrogens is 378 g/mol. The molecule has 0 fully saturated rings. The van der Waals surface area contributed by atoms with Crippen LogP contribution in [0.4, 0.5) is 0 Å². The summed E-state index contributed by atoms with van der Waals surface area (Å²) in [7, 11) is 0. The summed E-state index contributed by atoms with van der Waals surface area (Å²) in [5, 5.41) is 6.32. The number of nitrogens with one attached hydrogen (secondary N) is 1. The summed E-state index contributed by atoms with van der Waals surface area (Å²) in [5.41, 5.74) is 3.82. The average Bonchev–Trinajstić information content (AvgIpc) is 3.40. The number of carbonyl (C=O) groups is 2. The first-order valence-electron chi connectivity index (χ1n) is 8.61. The standard InChI is InChI=1S/C20H17N3O4S/c1-10-7-13(11(2)21-10)16(24)9-26-20(25)14-8-15(17-5-4-6-28-17)22-19-18(14)12(3)23-27-19/h4-8,21H,9H2,1-3H3. The van der Waals surface area contributed by atoms with Gasteiger partial charge in [0.25, 0.3) is 5.71 Å². The lowest BCUT2D eigenvalue weighted by atomic mass is 10.1. The van der Waals surface area contributed by atoms with Crippen LogP contribution in [0, 0.1) is 20.8 Å². The summed E-state index contributed by atoms with van der Waals surface area (Å²) in [6.45, 7) is 5.05. The number of thiophene rings is 1. The number of rotatable bonds is 5. The van der Waals surface area contributed by atoms with Gasteiger partial charge in [-0.25, -0.2) is 9.78 Å². The number of H-pyrrole nitrogens is 1. The van der Waals surface area contributed by atoms with Crippen molar-refractivity contribution in [1.29, 1.82) is 0 Å². The van der Waals surface area contributed by atoms with E-state index in [1.807, 2.05) is 31.4 Å². The summed E-state index contributed by atoms with van der Waals surface area (Å²) in [5.74, 6) is -0.879. The van der Waals surface area contributed by atoms with E-state index in [4.69, 9.17) is 9.26 Å². The summed E-state index contributed by atoms with van der Waals surface area (Å²) in [4.78, 5) is 33.6. The van der Waals surface area contributed by atoms with E-state index < -0.39 is 5.97 Å². The van der Waals surface area contributed by atoms with Crippen molar-refractivity contribution in [2.75, 3.05) is 6.61 Å². The molecule has 0 radical (unpaired) electrons. The predicted octanol–water partition coefficient (Wildman–Crippen LogP) is 4.24. The normalized spacial score (nSPS) is 11.1. The summed E-state index contributed by atoms with van der Waals surface area (Å²) < 4.78 is 10.6. The molecule has 0 bridgehead atoms. The molecule has 0 aliphatic heterocycles. The molecule has 0 amide bonds. The number of carbonyl (C=O) groups excluding carboxylic acids is 2. The fraction of sp³-hybridized carbons (Fsp3) is 0.200. The van der Waals surface area contributed by atoms with E-state index in [9.17, 15) is 9.59 Å². The first-order chi connectivity index (χ1) is 13.4. The van der Waals surface area contributed by atoms with Crippen molar-refractivity contribution < 1.29 is 18.8 Å². The molecule has 0 atom stereocenters. The molecule has 8 heteroatoms. The van der Waals surface area contributed by atoms with E-state index in [2.05, 4.69) is 15.1 Å². The van der Waals surface area contributed by atoms with Crippen molar-refractivity contribution in [3.05, 3.63) is 57.9 Å².